The summed E-state index contributed by atoms with van der Waals surface area (Å²) in [7, 11) is -3.61. The van der Waals surface area contributed by atoms with Crippen LogP contribution in [-0.4, -0.2) is 67.5 Å². The first kappa shape index (κ1) is 22.2. The Kier molecular flexibility index (Phi) is 7.21. The summed E-state index contributed by atoms with van der Waals surface area (Å²) in [6.07, 6.45) is 4.59. The van der Waals surface area contributed by atoms with Crippen molar-refractivity contribution in [3.8, 4) is 5.75 Å². The number of thioether (sulfide) groups is 1. The van der Waals surface area contributed by atoms with E-state index in [2.05, 4.69) is 10.3 Å². The molecule has 2 aliphatic heterocycles. The van der Waals surface area contributed by atoms with Crippen molar-refractivity contribution in [3.05, 3.63) is 42.2 Å². The highest BCUT2D eigenvalue weighted by atomic mass is 32.2. The Morgan fingerprint density at radius 3 is 2.84 bits per heavy atom. The lowest BCUT2D eigenvalue weighted by molar-refractivity contribution is -0.0109. The molecule has 3 heterocycles. The summed E-state index contributed by atoms with van der Waals surface area (Å²) in [5.74, 6) is 1.68. The van der Waals surface area contributed by atoms with Gasteiger partial charge in [0, 0.05) is 37.4 Å². The maximum absolute atomic E-state index is 12.8. The third-order valence-corrected chi connectivity index (χ3v) is 8.16. The second-order valence-corrected chi connectivity index (χ2v) is 10.7. The molecule has 0 bridgehead atoms. The predicted molar refractivity (Wildman–Crippen MR) is 120 cm³/mol. The standard InChI is InChI=1S/C21H27N3O5S2/c25-21(19-13-17(14-22-19)31(26,27)24-8-11-30-12-9-24)23-18-6-1-2-7-20(18)29-15-16-5-3-4-10-28-16/h1-2,6-7,13-14,16,22H,3-5,8-12,15H2,(H,23,25). The molecule has 2 aromatic rings. The van der Waals surface area contributed by atoms with Crippen LogP contribution in [-0.2, 0) is 14.8 Å². The fraction of sp³-hybridized carbons (Fsp3) is 0.476. The van der Waals surface area contributed by atoms with E-state index in [0.29, 0.717) is 31.1 Å². The Morgan fingerprint density at radius 1 is 1.26 bits per heavy atom. The quantitative estimate of drug-likeness (QED) is 0.652. The van der Waals surface area contributed by atoms with Gasteiger partial charge in [-0.05, 0) is 37.5 Å². The van der Waals surface area contributed by atoms with Gasteiger partial charge in [-0.3, -0.25) is 4.79 Å². The van der Waals surface area contributed by atoms with Crippen molar-refractivity contribution >= 4 is 33.4 Å². The number of para-hydroxylation sites is 2. The Balaban J connectivity index is 1.42. The van der Waals surface area contributed by atoms with Crippen LogP contribution in [0, 0.1) is 0 Å². The first-order valence-corrected chi connectivity index (χ1v) is 13.0. The van der Waals surface area contributed by atoms with Gasteiger partial charge in [-0.15, -0.1) is 0 Å². The van der Waals surface area contributed by atoms with E-state index in [1.165, 1.54) is 16.6 Å². The number of nitrogens with zero attached hydrogens (tertiary/aromatic N) is 1. The maximum atomic E-state index is 12.8. The van der Waals surface area contributed by atoms with Crippen molar-refractivity contribution in [2.45, 2.75) is 30.3 Å². The summed E-state index contributed by atoms with van der Waals surface area (Å²) in [5.41, 5.74) is 0.700. The highest BCUT2D eigenvalue weighted by molar-refractivity contribution is 7.99. The van der Waals surface area contributed by atoms with E-state index in [4.69, 9.17) is 9.47 Å². The molecule has 8 nitrogen and oxygen atoms in total. The van der Waals surface area contributed by atoms with Gasteiger partial charge in [-0.1, -0.05) is 12.1 Å². The van der Waals surface area contributed by atoms with Gasteiger partial charge in [0.05, 0.1) is 11.8 Å². The number of hydrogen-bond acceptors (Lipinski definition) is 6. The van der Waals surface area contributed by atoms with Gasteiger partial charge in [0.25, 0.3) is 5.91 Å². The van der Waals surface area contributed by atoms with Crippen molar-refractivity contribution in [1.82, 2.24) is 9.29 Å². The lowest BCUT2D eigenvalue weighted by atomic mass is 10.1. The molecule has 2 N–H and O–H groups in total. The molecule has 0 radical (unpaired) electrons. The number of aromatic nitrogens is 1. The van der Waals surface area contributed by atoms with E-state index in [1.54, 1.807) is 30.0 Å². The molecule has 2 aliphatic rings. The summed E-state index contributed by atoms with van der Waals surface area (Å²) in [4.78, 5) is 15.6. The van der Waals surface area contributed by atoms with E-state index >= 15 is 0 Å². The second kappa shape index (κ2) is 10.1. The number of rotatable bonds is 7. The average molecular weight is 466 g/mol. The van der Waals surface area contributed by atoms with Gasteiger partial charge in [-0.2, -0.15) is 16.1 Å². The lowest BCUT2D eigenvalue weighted by Crippen LogP contribution is -2.37. The fourth-order valence-electron chi connectivity index (χ4n) is 3.60. The van der Waals surface area contributed by atoms with E-state index in [1.807, 2.05) is 6.07 Å². The topological polar surface area (TPSA) is 101 Å². The summed E-state index contributed by atoms with van der Waals surface area (Å²) in [5, 5.41) is 2.81. The predicted octanol–water partition coefficient (Wildman–Crippen LogP) is 2.95. The van der Waals surface area contributed by atoms with Crippen LogP contribution in [0.25, 0.3) is 0 Å². The number of anilines is 1. The maximum Gasteiger partial charge on any atom is 0.272 e. The molecule has 1 aromatic carbocycles. The number of hydrogen-bond donors (Lipinski definition) is 2. The molecule has 0 aliphatic carbocycles. The lowest BCUT2D eigenvalue weighted by Gasteiger charge is -2.24. The molecular weight excluding hydrogens is 438 g/mol. The number of ether oxygens (including phenoxy) is 2. The van der Waals surface area contributed by atoms with E-state index in [-0.39, 0.29) is 16.7 Å². The number of carbonyl (C=O) groups excluding carboxylic acids is 1. The minimum absolute atomic E-state index is 0.0573. The Labute approximate surface area is 186 Å². The fourth-order valence-corrected chi connectivity index (χ4v) is 6.17. The number of amides is 1. The monoisotopic (exact) mass is 465 g/mol. The molecular formula is C21H27N3O5S2. The smallest absolute Gasteiger partial charge is 0.272 e. The number of H-pyrrole nitrogens is 1. The summed E-state index contributed by atoms with van der Waals surface area (Å²) < 4.78 is 38.7. The Hall–Kier alpha value is -2.01. The van der Waals surface area contributed by atoms with Crippen LogP contribution in [0.4, 0.5) is 5.69 Å². The molecule has 1 amide bonds. The minimum atomic E-state index is -3.61. The largest absolute Gasteiger partial charge is 0.489 e. The van der Waals surface area contributed by atoms with Gasteiger partial charge in [0.2, 0.25) is 10.0 Å². The summed E-state index contributed by atoms with van der Waals surface area (Å²) >= 11 is 1.74. The van der Waals surface area contributed by atoms with Gasteiger partial charge in [-0.25, -0.2) is 8.42 Å². The number of sulfonamides is 1. The molecule has 1 unspecified atom stereocenters. The highest BCUT2D eigenvalue weighted by Crippen LogP contribution is 2.26. The van der Waals surface area contributed by atoms with Gasteiger partial charge >= 0.3 is 0 Å². The molecule has 1 aromatic heterocycles. The molecule has 1 atom stereocenters. The van der Waals surface area contributed by atoms with Crippen molar-refractivity contribution in [1.29, 1.82) is 0 Å². The first-order chi connectivity index (χ1) is 15.0. The van der Waals surface area contributed by atoms with Crippen LogP contribution in [0.2, 0.25) is 0 Å². The summed E-state index contributed by atoms with van der Waals surface area (Å²) in [6, 6.07) is 8.56. The Bertz CT molecular complexity index is 996. The minimum Gasteiger partial charge on any atom is -0.489 e. The van der Waals surface area contributed by atoms with Crippen molar-refractivity contribution < 1.29 is 22.7 Å². The molecule has 168 valence electrons. The van der Waals surface area contributed by atoms with Crippen molar-refractivity contribution in [3.63, 3.8) is 0 Å². The first-order valence-electron chi connectivity index (χ1n) is 10.4. The molecule has 4 rings (SSSR count). The normalized spacial score (nSPS) is 20.3. The Morgan fingerprint density at radius 2 is 2.06 bits per heavy atom. The SMILES string of the molecule is O=C(Nc1ccccc1OCC1CCCCO1)c1cc(S(=O)(=O)N2CCSCC2)c[nH]1. The van der Waals surface area contributed by atoms with E-state index in [0.717, 1.165) is 37.4 Å². The van der Waals surface area contributed by atoms with E-state index < -0.39 is 15.9 Å². The highest BCUT2D eigenvalue weighted by Gasteiger charge is 2.28. The molecule has 2 saturated heterocycles. The molecule has 10 heteroatoms. The van der Waals surface area contributed by atoms with Crippen LogP contribution in [0.3, 0.4) is 0 Å². The van der Waals surface area contributed by atoms with Crippen LogP contribution in [0.5, 0.6) is 5.75 Å². The third kappa shape index (κ3) is 5.43. The van der Waals surface area contributed by atoms with Crippen LogP contribution < -0.4 is 10.1 Å². The van der Waals surface area contributed by atoms with Crippen molar-refractivity contribution in [2.75, 3.05) is 43.1 Å². The van der Waals surface area contributed by atoms with Gasteiger partial charge in [0.15, 0.2) is 0 Å². The molecule has 2 fully saturated rings. The number of benzene rings is 1. The zero-order valence-corrected chi connectivity index (χ0v) is 18.8. The van der Waals surface area contributed by atoms with E-state index in [9.17, 15) is 13.2 Å². The van der Waals surface area contributed by atoms with Gasteiger partial charge in [0.1, 0.15) is 22.9 Å². The van der Waals surface area contributed by atoms with Crippen molar-refractivity contribution in [2.24, 2.45) is 0 Å². The zero-order valence-electron chi connectivity index (χ0n) is 17.2. The number of aromatic amines is 1. The van der Waals surface area contributed by atoms with Crippen LogP contribution in [0.1, 0.15) is 29.8 Å². The number of carbonyl (C=O) groups is 1. The third-order valence-electron chi connectivity index (χ3n) is 5.34. The number of nitrogens with one attached hydrogen (secondary N) is 2. The second-order valence-electron chi connectivity index (χ2n) is 7.52. The molecule has 0 saturated carbocycles. The molecule has 0 spiro atoms. The van der Waals surface area contributed by atoms with Gasteiger partial charge < -0.3 is 19.8 Å². The summed E-state index contributed by atoms with van der Waals surface area (Å²) in [6.45, 7) is 2.14. The van der Waals surface area contributed by atoms with Crippen LogP contribution >= 0.6 is 11.8 Å². The van der Waals surface area contributed by atoms with Crippen LogP contribution in [0.15, 0.2) is 41.4 Å². The average Bonchev–Trinajstić information content (AvgIpc) is 3.31. The molecule has 31 heavy (non-hydrogen) atoms. The zero-order chi connectivity index (χ0) is 21.7.